The first-order valence-corrected chi connectivity index (χ1v) is 10.1. The van der Waals surface area contributed by atoms with Gasteiger partial charge in [-0.25, -0.2) is 4.98 Å². The zero-order valence-corrected chi connectivity index (χ0v) is 16.4. The molecule has 1 aliphatic heterocycles. The third kappa shape index (κ3) is 4.33. The number of benzene rings is 1. The number of hydrogen-bond acceptors (Lipinski definition) is 7. The van der Waals surface area contributed by atoms with E-state index in [1.54, 1.807) is 6.20 Å². The highest BCUT2D eigenvalue weighted by Gasteiger charge is 2.22. The Balaban J connectivity index is 1.28. The molecule has 0 spiro atoms. The van der Waals surface area contributed by atoms with Gasteiger partial charge < -0.3 is 14.2 Å². The maximum absolute atomic E-state index is 12.5. The smallest absolute Gasteiger partial charge is 0.277 e. The van der Waals surface area contributed by atoms with Gasteiger partial charge in [0.25, 0.3) is 5.22 Å². The summed E-state index contributed by atoms with van der Waals surface area (Å²) in [4.78, 5) is 21.0. The molecule has 1 aromatic carbocycles. The lowest BCUT2D eigenvalue weighted by molar-refractivity contribution is -0.128. The lowest BCUT2D eigenvalue weighted by atomic mass is 10.1. The molecular weight excluding hydrogens is 374 g/mol. The van der Waals surface area contributed by atoms with Gasteiger partial charge >= 0.3 is 0 Å². The van der Waals surface area contributed by atoms with Crippen molar-refractivity contribution < 1.29 is 9.21 Å². The first-order valence-electron chi connectivity index (χ1n) is 9.16. The zero-order chi connectivity index (χ0) is 19.3. The molecule has 144 valence electrons. The van der Waals surface area contributed by atoms with Crippen LogP contribution >= 0.6 is 11.8 Å². The highest BCUT2D eigenvalue weighted by Crippen LogP contribution is 2.24. The average molecular weight is 395 g/mol. The van der Waals surface area contributed by atoms with Crippen LogP contribution in [0.4, 0.5) is 5.82 Å². The van der Waals surface area contributed by atoms with Crippen molar-refractivity contribution in [2.45, 2.75) is 12.1 Å². The highest BCUT2D eigenvalue weighted by atomic mass is 32.2. The Bertz CT molecular complexity index is 921. The number of rotatable bonds is 5. The quantitative estimate of drug-likeness (QED) is 0.615. The molecule has 2 aromatic heterocycles. The van der Waals surface area contributed by atoms with Crippen molar-refractivity contribution in [3.05, 3.63) is 54.2 Å². The third-order valence-electron chi connectivity index (χ3n) is 4.63. The fourth-order valence-electron chi connectivity index (χ4n) is 3.02. The molecule has 1 fully saturated rings. The van der Waals surface area contributed by atoms with Crippen molar-refractivity contribution in [1.29, 1.82) is 0 Å². The van der Waals surface area contributed by atoms with E-state index in [4.69, 9.17) is 4.42 Å². The van der Waals surface area contributed by atoms with Crippen LogP contribution in [0.3, 0.4) is 0 Å². The molecule has 7 nitrogen and oxygen atoms in total. The molecule has 0 unspecified atom stereocenters. The molecule has 0 aliphatic carbocycles. The van der Waals surface area contributed by atoms with E-state index in [9.17, 15) is 4.79 Å². The lowest BCUT2D eigenvalue weighted by Crippen LogP contribution is -2.49. The fourth-order valence-corrected chi connectivity index (χ4v) is 3.69. The van der Waals surface area contributed by atoms with Crippen LogP contribution in [0, 0.1) is 6.92 Å². The van der Waals surface area contributed by atoms with Gasteiger partial charge in [-0.2, -0.15) is 0 Å². The molecule has 4 rings (SSSR count). The number of piperazine rings is 1. The second-order valence-corrected chi connectivity index (χ2v) is 7.51. The maximum atomic E-state index is 12.5. The topological polar surface area (TPSA) is 75.4 Å². The number of hydrogen-bond donors (Lipinski definition) is 0. The predicted molar refractivity (Wildman–Crippen MR) is 108 cm³/mol. The largest absolute Gasteiger partial charge is 0.411 e. The van der Waals surface area contributed by atoms with E-state index in [0.717, 1.165) is 24.5 Å². The summed E-state index contributed by atoms with van der Waals surface area (Å²) in [6.07, 6.45) is 1.79. The minimum absolute atomic E-state index is 0.0840. The van der Waals surface area contributed by atoms with Crippen LogP contribution in [-0.2, 0) is 4.79 Å². The number of nitrogens with zero attached hydrogens (tertiary/aromatic N) is 5. The van der Waals surface area contributed by atoms with E-state index in [0.29, 0.717) is 30.0 Å². The zero-order valence-electron chi connectivity index (χ0n) is 15.6. The first-order chi connectivity index (χ1) is 13.7. The van der Waals surface area contributed by atoms with Gasteiger partial charge in [0.05, 0.1) is 5.75 Å². The Morgan fingerprint density at radius 1 is 1.07 bits per heavy atom. The Morgan fingerprint density at radius 3 is 2.57 bits per heavy atom. The molecule has 1 aliphatic rings. The Hall–Kier alpha value is -2.87. The number of anilines is 1. The average Bonchev–Trinajstić information content (AvgIpc) is 3.22. The summed E-state index contributed by atoms with van der Waals surface area (Å²) < 4.78 is 5.68. The van der Waals surface area contributed by atoms with E-state index in [2.05, 4.69) is 20.1 Å². The number of aromatic nitrogens is 3. The van der Waals surface area contributed by atoms with Gasteiger partial charge in [0.15, 0.2) is 0 Å². The molecule has 3 aromatic rings. The minimum Gasteiger partial charge on any atom is -0.411 e. The van der Waals surface area contributed by atoms with E-state index in [1.165, 1.54) is 17.3 Å². The summed E-state index contributed by atoms with van der Waals surface area (Å²) in [5, 5.41) is 8.53. The van der Waals surface area contributed by atoms with Crippen LogP contribution in [0.15, 0.2) is 58.3 Å². The van der Waals surface area contributed by atoms with Crippen LogP contribution in [0.25, 0.3) is 11.5 Å². The summed E-state index contributed by atoms with van der Waals surface area (Å²) in [6, 6.07) is 13.8. The molecule has 0 N–H and O–H groups in total. The second-order valence-electron chi connectivity index (χ2n) is 6.58. The van der Waals surface area contributed by atoms with Gasteiger partial charge in [-0.3, -0.25) is 4.79 Å². The summed E-state index contributed by atoms with van der Waals surface area (Å²) in [5.41, 5.74) is 2.05. The summed E-state index contributed by atoms with van der Waals surface area (Å²) in [7, 11) is 0. The standard InChI is InChI=1S/C20H21N5O2S/c1-15-5-7-16(8-6-15)19-22-23-20(27-19)28-14-18(26)25-12-10-24(11-13-25)17-4-2-3-9-21-17/h2-9H,10-14H2,1H3. The van der Waals surface area contributed by atoms with Gasteiger partial charge in [-0.15, -0.1) is 10.2 Å². The van der Waals surface area contributed by atoms with Gasteiger partial charge in [-0.1, -0.05) is 35.5 Å². The van der Waals surface area contributed by atoms with Gasteiger partial charge in [0, 0.05) is 37.9 Å². The van der Waals surface area contributed by atoms with Gasteiger partial charge in [-0.05, 0) is 31.2 Å². The van der Waals surface area contributed by atoms with Crippen LogP contribution in [0.1, 0.15) is 5.56 Å². The third-order valence-corrected chi connectivity index (χ3v) is 5.43. The number of amides is 1. The van der Waals surface area contributed by atoms with Crippen molar-refractivity contribution in [2.24, 2.45) is 0 Å². The Kier molecular flexibility index (Phi) is 5.57. The lowest BCUT2D eigenvalue weighted by Gasteiger charge is -2.35. The molecule has 1 saturated heterocycles. The van der Waals surface area contributed by atoms with Crippen LogP contribution < -0.4 is 4.90 Å². The number of carbonyl (C=O) groups is 1. The molecule has 8 heteroatoms. The van der Waals surface area contributed by atoms with Gasteiger partial charge in [0.1, 0.15) is 5.82 Å². The molecule has 28 heavy (non-hydrogen) atoms. The van der Waals surface area contributed by atoms with Crippen molar-refractivity contribution in [1.82, 2.24) is 20.1 Å². The monoisotopic (exact) mass is 395 g/mol. The molecule has 1 amide bonds. The van der Waals surface area contributed by atoms with Crippen LogP contribution in [0.2, 0.25) is 0 Å². The SMILES string of the molecule is Cc1ccc(-c2nnc(SCC(=O)N3CCN(c4ccccn4)CC3)o2)cc1. The number of thioether (sulfide) groups is 1. The maximum Gasteiger partial charge on any atom is 0.277 e. The van der Waals surface area contributed by atoms with Crippen LogP contribution in [-0.4, -0.2) is 57.9 Å². The van der Waals surface area contributed by atoms with Crippen molar-refractivity contribution in [3.63, 3.8) is 0 Å². The Morgan fingerprint density at radius 2 is 1.86 bits per heavy atom. The summed E-state index contributed by atoms with van der Waals surface area (Å²) in [6.45, 7) is 4.97. The molecule has 0 radical (unpaired) electrons. The molecular formula is C20H21N5O2S. The summed E-state index contributed by atoms with van der Waals surface area (Å²) in [5.74, 6) is 1.80. The number of carbonyl (C=O) groups excluding carboxylic acids is 1. The minimum atomic E-state index is 0.0840. The van der Waals surface area contributed by atoms with E-state index in [1.807, 2.05) is 54.3 Å². The number of aryl methyl sites for hydroxylation is 1. The Labute approximate surface area is 167 Å². The van der Waals surface area contributed by atoms with Crippen molar-refractivity contribution >= 4 is 23.5 Å². The predicted octanol–water partition coefficient (Wildman–Crippen LogP) is 2.88. The van der Waals surface area contributed by atoms with E-state index < -0.39 is 0 Å². The fraction of sp³-hybridized carbons (Fsp3) is 0.300. The molecule has 0 atom stereocenters. The van der Waals surface area contributed by atoms with E-state index >= 15 is 0 Å². The van der Waals surface area contributed by atoms with Crippen LogP contribution in [0.5, 0.6) is 0 Å². The summed E-state index contributed by atoms with van der Waals surface area (Å²) >= 11 is 1.28. The second kappa shape index (κ2) is 8.43. The molecule has 0 bridgehead atoms. The van der Waals surface area contributed by atoms with Crippen molar-refractivity contribution in [2.75, 3.05) is 36.8 Å². The molecule has 3 heterocycles. The highest BCUT2D eigenvalue weighted by molar-refractivity contribution is 7.99. The molecule has 0 saturated carbocycles. The van der Waals surface area contributed by atoms with E-state index in [-0.39, 0.29) is 5.91 Å². The normalized spacial score (nSPS) is 14.3. The first kappa shape index (κ1) is 18.5. The van der Waals surface area contributed by atoms with Gasteiger partial charge in [0.2, 0.25) is 11.8 Å². The number of pyridine rings is 1. The van der Waals surface area contributed by atoms with Crippen molar-refractivity contribution in [3.8, 4) is 11.5 Å².